The van der Waals surface area contributed by atoms with Gasteiger partial charge in [-0.25, -0.2) is 0 Å². The van der Waals surface area contributed by atoms with Crippen LogP contribution >= 0.6 is 0 Å². The number of hydrogen-bond donors (Lipinski definition) is 1. The minimum atomic E-state index is -0.0490. The van der Waals surface area contributed by atoms with Crippen LogP contribution in [0.2, 0.25) is 0 Å². The number of amides is 1. The maximum atomic E-state index is 13.6. The largest absolute Gasteiger partial charge is 0.496 e. The van der Waals surface area contributed by atoms with E-state index in [-0.39, 0.29) is 18.0 Å². The molecule has 1 aliphatic carbocycles. The normalized spacial score (nSPS) is 18.1. The monoisotopic (exact) mass is 560 g/mol. The average molecular weight is 561 g/mol. The molecule has 3 aromatic carbocycles. The van der Waals surface area contributed by atoms with Crippen molar-refractivity contribution in [3.63, 3.8) is 0 Å². The third kappa shape index (κ3) is 5.93. The second-order valence-electron chi connectivity index (χ2n) is 10.6. The van der Waals surface area contributed by atoms with Crippen LogP contribution in [0.5, 0.6) is 28.7 Å². The second-order valence-corrected chi connectivity index (χ2v) is 10.6. The fraction of sp³-hybridized carbons (Fsp3) is 0.424. The zero-order valence-corrected chi connectivity index (χ0v) is 24.6. The molecule has 3 aromatic rings. The SMILES string of the molecule is COc1ccc(CC2c3cc(OC)c(OC)cc3CCCN2CC(=O)NC2CCc3c(OC)cccc32)cc1OC. The van der Waals surface area contributed by atoms with Crippen molar-refractivity contribution in [3.05, 3.63) is 76.3 Å². The highest BCUT2D eigenvalue weighted by Gasteiger charge is 2.31. The molecular formula is C33H40N2O6. The number of ether oxygens (including phenoxy) is 5. The highest BCUT2D eigenvalue weighted by molar-refractivity contribution is 5.79. The summed E-state index contributed by atoms with van der Waals surface area (Å²) in [6.07, 6.45) is 4.29. The summed E-state index contributed by atoms with van der Waals surface area (Å²) in [5, 5.41) is 3.32. The van der Waals surface area contributed by atoms with Crippen LogP contribution < -0.4 is 29.0 Å². The molecule has 0 radical (unpaired) electrons. The Labute approximate surface area is 242 Å². The number of benzene rings is 3. The van der Waals surface area contributed by atoms with E-state index in [0.717, 1.165) is 60.4 Å². The van der Waals surface area contributed by atoms with E-state index in [1.807, 2.05) is 24.3 Å². The summed E-state index contributed by atoms with van der Waals surface area (Å²) in [7, 11) is 8.30. The van der Waals surface area contributed by atoms with Gasteiger partial charge in [-0.15, -0.1) is 0 Å². The Morgan fingerprint density at radius 3 is 2.24 bits per heavy atom. The summed E-state index contributed by atoms with van der Waals surface area (Å²) < 4.78 is 27.9. The molecule has 41 heavy (non-hydrogen) atoms. The van der Waals surface area contributed by atoms with E-state index in [9.17, 15) is 4.79 Å². The molecule has 0 saturated heterocycles. The first-order valence-electron chi connectivity index (χ1n) is 14.1. The maximum Gasteiger partial charge on any atom is 0.234 e. The van der Waals surface area contributed by atoms with E-state index in [2.05, 4.69) is 34.5 Å². The summed E-state index contributed by atoms with van der Waals surface area (Å²) >= 11 is 0. The van der Waals surface area contributed by atoms with Crippen LogP contribution in [-0.4, -0.2) is 59.4 Å². The first-order chi connectivity index (χ1) is 20.0. The molecule has 0 bridgehead atoms. The van der Waals surface area contributed by atoms with E-state index in [4.69, 9.17) is 23.7 Å². The number of hydrogen-bond acceptors (Lipinski definition) is 7. The standard InChI is InChI=1S/C33H40N2O6/c1-37-28-10-6-9-23-24(28)12-13-26(23)34-33(36)20-35-15-7-8-22-18-31(40-4)32(41-5)19-25(22)27(35)16-21-11-14-29(38-2)30(17-21)39-3/h6,9-11,14,17-19,26-27H,7-8,12-13,15-16,20H2,1-5H3,(H,34,36). The van der Waals surface area contributed by atoms with Gasteiger partial charge in [-0.2, -0.15) is 0 Å². The van der Waals surface area contributed by atoms with Crippen molar-refractivity contribution in [3.8, 4) is 28.7 Å². The summed E-state index contributed by atoms with van der Waals surface area (Å²) in [6.45, 7) is 1.08. The Balaban J connectivity index is 1.44. The third-order valence-corrected chi connectivity index (χ3v) is 8.34. The van der Waals surface area contributed by atoms with E-state index >= 15 is 0 Å². The lowest BCUT2D eigenvalue weighted by atomic mass is 9.92. The molecule has 1 heterocycles. The van der Waals surface area contributed by atoms with Gasteiger partial charge >= 0.3 is 0 Å². The van der Waals surface area contributed by atoms with Crippen molar-refractivity contribution in [2.24, 2.45) is 0 Å². The number of nitrogens with zero attached hydrogens (tertiary/aromatic N) is 1. The molecule has 0 spiro atoms. The van der Waals surface area contributed by atoms with Crippen LogP contribution in [0.25, 0.3) is 0 Å². The molecule has 0 saturated carbocycles. The van der Waals surface area contributed by atoms with Crippen molar-refractivity contribution in [2.45, 2.75) is 44.2 Å². The van der Waals surface area contributed by atoms with Gasteiger partial charge in [-0.1, -0.05) is 18.2 Å². The Bertz CT molecular complexity index is 1390. The molecule has 0 aromatic heterocycles. The van der Waals surface area contributed by atoms with E-state index in [1.54, 1.807) is 35.5 Å². The first kappa shape index (κ1) is 28.6. The van der Waals surface area contributed by atoms with Crippen LogP contribution in [0.1, 0.15) is 52.7 Å². The topological polar surface area (TPSA) is 78.5 Å². The summed E-state index contributed by atoms with van der Waals surface area (Å²) in [5.74, 6) is 3.69. The van der Waals surface area contributed by atoms with Crippen molar-refractivity contribution in [1.82, 2.24) is 10.2 Å². The van der Waals surface area contributed by atoms with Crippen molar-refractivity contribution in [2.75, 3.05) is 48.6 Å². The second kappa shape index (κ2) is 12.7. The minimum absolute atomic E-state index is 0.0134. The fourth-order valence-corrected chi connectivity index (χ4v) is 6.33. The molecule has 5 rings (SSSR count). The lowest BCUT2D eigenvalue weighted by Crippen LogP contribution is -2.41. The lowest BCUT2D eigenvalue weighted by molar-refractivity contribution is -0.123. The summed E-state index contributed by atoms with van der Waals surface area (Å²) in [4.78, 5) is 15.9. The van der Waals surface area contributed by atoms with Crippen LogP contribution in [0.4, 0.5) is 0 Å². The van der Waals surface area contributed by atoms with Gasteiger partial charge in [0.05, 0.1) is 48.1 Å². The molecule has 2 atom stereocenters. The molecule has 2 aliphatic rings. The minimum Gasteiger partial charge on any atom is -0.496 e. The van der Waals surface area contributed by atoms with Gasteiger partial charge in [0.2, 0.25) is 5.91 Å². The zero-order valence-electron chi connectivity index (χ0n) is 24.6. The highest BCUT2D eigenvalue weighted by atomic mass is 16.5. The predicted molar refractivity (Wildman–Crippen MR) is 158 cm³/mol. The van der Waals surface area contributed by atoms with Crippen LogP contribution in [0.3, 0.4) is 0 Å². The van der Waals surface area contributed by atoms with Crippen LogP contribution in [-0.2, 0) is 24.1 Å². The zero-order chi connectivity index (χ0) is 28.9. The van der Waals surface area contributed by atoms with Crippen LogP contribution in [0.15, 0.2) is 48.5 Å². The third-order valence-electron chi connectivity index (χ3n) is 8.34. The van der Waals surface area contributed by atoms with Gasteiger partial charge in [0.1, 0.15) is 5.75 Å². The van der Waals surface area contributed by atoms with Gasteiger partial charge in [0.25, 0.3) is 0 Å². The first-order valence-corrected chi connectivity index (χ1v) is 14.1. The number of methoxy groups -OCH3 is 5. The maximum absolute atomic E-state index is 13.6. The number of aryl methyl sites for hydroxylation is 1. The van der Waals surface area contributed by atoms with Gasteiger partial charge in [0, 0.05) is 6.04 Å². The molecule has 1 amide bonds. The molecule has 0 fully saturated rings. The van der Waals surface area contributed by atoms with Gasteiger partial charge in [-0.3, -0.25) is 9.69 Å². The smallest absolute Gasteiger partial charge is 0.234 e. The van der Waals surface area contributed by atoms with Gasteiger partial charge in [0.15, 0.2) is 23.0 Å². The molecular weight excluding hydrogens is 520 g/mol. The van der Waals surface area contributed by atoms with Crippen LogP contribution in [0, 0.1) is 0 Å². The molecule has 1 N–H and O–H groups in total. The highest BCUT2D eigenvalue weighted by Crippen LogP contribution is 2.40. The molecule has 1 aliphatic heterocycles. The molecule has 218 valence electrons. The van der Waals surface area contributed by atoms with E-state index in [0.29, 0.717) is 30.2 Å². The Kier molecular flexibility index (Phi) is 8.88. The fourth-order valence-electron chi connectivity index (χ4n) is 6.33. The number of carbonyl (C=O) groups is 1. The Morgan fingerprint density at radius 1 is 0.805 bits per heavy atom. The van der Waals surface area contributed by atoms with E-state index < -0.39 is 0 Å². The average Bonchev–Trinajstić information content (AvgIpc) is 3.33. The predicted octanol–water partition coefficient (Wildman–Crippen LogP) is 5.07. The molecule has 8 heteroatoms. The number of fused-ring (bicyclic) bond motifs is 2. The lowest BCUT2D eigenvalue weighted by Gasteiger charge is -2.32. The number of carbonyl (C=O) groups excluding carboxylic acids is 1. The summed E-state index contributed by atoms with van der Waals surface area (Å²) in [5.41, 5.74) is 5.80. The quantitative estimate of drug-likeness (QED) is 0.371. The van der Waals surface area contributed by atoms with E-state index in [1.165, 1.54) is 11.1 Å². The molecule has 2 unspecified atom stereocenters. The Morgan fingerprint density at radius 2 is 1.51 bits per heavy atom. The molecule has 8 nitrogen and oxygen atoms in total. The van der Waals surface area contributed by atoms with Crippen molar-refractivity contribution >= 4 is 5.91 Å². The van der Waals surface area contributed by atoms with Crippen molar-refractivity contribution < 1.29 is 28.5 Å². The van der Waals surface area contributed by atoms with Gasteiger partial charge in [-0.05, 0) is 96.8 Å². The summed E-state index contributed by atoms with van der Waals surface area (Å²) in [6, 6.07) is 16.2. The number of nitrogens with one attached hydrogen (secondary N) is 1. The Hall–Kier alpha value is -3.91. The van der Waals surface area contributed by atoms with Gasteiger partial charge < -0.3 is 29.0 Å². The number of rotatable bonds is 10. The van der Waals surface area contributed by atoms with Crippen molar-refractivity contribution in [1.29, 1.82) is 0 Å².